The van der Waals surface area contributed by atoms with Crippen molar-refractivity contribution in [2.75, 3.05) is 31.8 Å². The molecule has 0 spiro atoms. The van der Waals surface area contributed by atoms with Gasteiger partial charge in [-0.3, -0.25) is 14.9 Å². The number of esters is 1. The summed E-state index contributed by atoms with van der Waals surface area (Å²) < 4.78 is 10.2. The van der Waals surface area contributed by atoms with E-state index in [9.17, 15) is 14.9 Å². The first-order valence-electron chi connectivity index (χ1n) is 9.53. The number of carbonyl (C=O) groups excluding carboxylic acids is 1. The predicted octanol–water partition coefficient (Wildman–Crippen LogP) is 3.90. The van der Waals surface area contributed by atoms with E-state index in [1.165, 1.54) is 7.11 Å². The first-order valence-corrected chi connectivity index (χ1v) is 9.53. The maximum atomic E-state index is 11.8. The minimum Gasteiger partial charge on any atom is -0.469 e. The zero-order chi connectivity index (χ0) is 20.0. The summed E-state index contributed by atoms with van der Waals surface area (Å²) in [6, 6.07) is 5.57. The molecule has 1 heterocycles. The van der Waals surface area contributed by atoms with Gasteiger partial charge < -0.3 is 14.4 Å². The Morgan fingerprint density at radius 2 is 2.00 bits per heavy atom. The number of methoxy groups -OCH3 is 1. The van der Waals surface area contributed by atoms with Gasteiger partial charge in [0.05, 0.1) is 18.5 Å². The Morgan fingerprint density at radius 1 is 1.33 bits per heavy atom. The Hall–Kier alpha value is -2.15. The Balaban J connectivity index is 2.37. The summed E-state index contributed by atoms with van der Waals surface area (Å²) in [6.45, 7) is 8.22. The molecular weight excluding hydrogens is 348 g/mol. The molecule has 1 fully saturated rings. The molecule has 7 heteroatoms. The average molecular weight is 378 g/mol. The molecule has 27 heavy (non-hydrogen) atoms. The molecule has 1 saturated heterocycles. The van der Waals surface area contributed by atoms with Crippen LogP contribution in [0.3, 0.4) is 0 Å². The maximum absolute atomic E-state index is 11.8. The molecule has 7 nitrogen and oxygen atoms in total. The zero-order valence-electron chi connectivity index (χ0n) is 16.6. The van der Waals surface area contributed by atoms with Crippen LogP contribution in [0.25, 0.3) is 0 Å². The number of rotatable bonds is 8. The molecule has 150 valence electrons. The summed E-state index contributed by atoms with van der Waals surface area (Å²) >= 11 is 0. The van der Waals surface area contributed by atoms with Crippen molar-refractivity contribution in [1.29, 1.82) is 0 Å². The lowest BCUT2D eigenvalue weighted by molar-refractivity contribution is -0.384. The van der Waals surface area contributed by atoms with Gasteiger partial charge in [-0.25, -0.2) is 0 Å². The van der Waals surface area contributed by atoms with Crippen molar-refractivity contribution in [2.45, 2.75) is 52.0 Å². The van der Waals surface area contributed by atoms with Gasteiger partial charge in [0.25, 0.3) is 5.69 Å². The second-order valence-electron chi connectivity index (χ2n) is 7.58. The molecule has 0 N–H and O–H groups in total. The standard InChI is InChI=1S/C20H30N2O5/c1-14(2)13-21(17-7-9-27-10-8-17)18-6-5-16(12-19(18)22(24)25)15(3)11-20(23)26-4/h5-6,12,14-15,17H,7-11,13H2,1-4H3. The highest BCUT2D eigenvalue weighted by Gasteiger charge is 2.28. The van der Waals surface area contributed by atoms with Gasteiger partial charge in [0.2, 0.25) is 0 Å². The molecule has 0 bridgehead atoms. The van der Waals surface area contributed by atoms with E-state index in [1.54, 1.807) is 6.07 Å². The Morgan fingerprint density at radius 3 is 2.56 bits per heavy atom. The van der Waals surface area contributed by atoms with Crippen LogP contribution >= 0.6 is 0 Å². The molecule has 0 saturated carbocycles. The van der Waals surface area contributed by atoms with Gasteiger partial charge >= 0.3 is 5.97 Å². The van der Waals surface area contributed by atoms with Gasteiger partial charge in [-0.05, 0) is 36.3 Å². The molecule has 1 unspecified atom stereocenters. The fourth-order valence-corrected chi connectivity index (χ4v) is 3.52. The maximum Gasteiger partial charge on any atom is 0.306 e. The Kier molecular flexibility index (Phi) is 7.59. The highest BCUT2D eigenvalue weighted by Crippen LogP contribution is 2.35. The van der Waals surface area contributed by atoms with Gasteiger partial charge in [0.1, 0.15) is 5.69 Å². The van der Waals surface area contributed by atoms with Crippen LogP contribution in [-0.2, 0) is 14.3 Å². The number of hydrogen-bond acceptors (Lipinski definition) is 6. The molecule has 1 aromatic carbocycles. The summed E-state index contributed by atoms with van der Waals surface area (Å²) in [5.41, 5.74) is 1.51. The third-order valence-corrected chi connectivity index (χ3v) is 4.97. The number of nitro groups is 1. The Labute approximate surface area is 160 Å². The van der Waals surface area contributed by atoms with Crippen molar-refractivity contribution in [3.05, 3.63) is 33.9 Å². The van der Waals surface area contributed by atoms with Crippen molar-refractivity contribution in [3.63, 3.8) is 0 Å². The monoisotopic (exact) mass is 378 g/mol. The second kappa shape index (κ2) is 9.69. The van der Waals surface area contributed by atoms with Gasteiger partial charge in [-0.15, -0.1) is 0 Å². The van der Waals surface area contributed by atoms with Crippen LogP contribution in [0.2, 0.25) is 0 Å². The Bertz CT molecular complexity index is 656. The lowest BCUT2D eigenvalue weighted by Crippen LogP contribution is -2.42. The summed E-state index contributed by atoms with van der Waals surface area (Å²) in [5, 5.41) is 11.8. The third kappa shape index (κ3) is 5.66. The molecule has 1 atom stereocenters. The lowest BCUT2D eigenvalue weighted by Gasteiger charge is -2.37. The van der Waals surface area contributed by atoms with E-state index in [1.807, 2.05) is 19.1 Å². The van der Waals surface area contributed by atoms with Crippen LogP contribution in [0, 0.1) is 16.0 Å². The predicted molar refractivity (Wildman–Crippen MR) is 104 cm³/mol. The van der Waals surface area contributed by atoms with Crippen molar-refractivity contribution in [1.82, 2.24) is 0 Å². The van der Waals surface area contributed by atoms with E-state index in [4.69, 9.17) is 9.47 Å². The number of ether oxygens (including phenoxy) is 2. The van der Waals surface area contributed by atoms with Gasteiger partial charge in [0.15, 0.2) is 0 Å². The summed E-state index contributed by atoms with van der Waals surface area (Å²) in [4.78, 5) is 25.2. The number of nitro benzene ring substituents is 1. The van der Waals surface area contributed by atoms with E-state index < -0.39 is 0 Å². The van der Waals surface area contributed by atoms with Crippen molar-refractivity contribution >= 4 is 17.3 Å². The quantitative estimate of drug-likeness (QED) is 0.388. The van der Waals surface area contributed by atoms with Crippen LogP contribution in [0.1, 0.15) is 51.5 Å². The van der Waals surface area contributed by atoms with Crippen LogP contribution in [0.5, 0.6) is 0 Å². The number of hydrogen-bond donors (Lipinski definition) is 0. The number of nitrogens with zero attached hydrogens (tertiary/aromatic N) is 2. The molecule has 1 aliphatic rings. The van der Waals surface area contributed by atoms with Gasteiger partial charge in [0, 0.05) is 31.9 Å². The van der Waals surface area contributed by atoms with Crippen molar-refractivity contribution in [2.24, 2.45) is 5.92 Å². The molecular formula is C20H30N2O5. The van der Waals surface area contributed by atoms with Crippen molar-refractivity contribution < 1.29 is 19.2 Å². The number of carbonyl (C=O) groups is 1. The minimum absolute atomic E-state index is 0.0938. The van der Waals surface area contributed by atoms with Crippen LogP contribution < -0.4 is 4.90 Å². The van der Waals surface area contributed by atoms with Gasteiger partial charge in [-0.1, -0.05) is 26.8 Å². The fourth-order valence-electron chi connectivity index (χ4n) is 3.52. The number of benzene rings is 1. The number of anilines is 1. The zero-order valence-corrected chi connectivity index (χ0v) is 16.6. The smallest absolute Gasteiger partial charge is 0.306 e. The highest BCUT2D eigenvalue weighted by molar-refractivity contribution is 5.71. The summed E-state index contributed by atoms with van der Waals surface area (Å²) in [5.74, 6) is -0.0879. The molecule has 1 aromatic rings. The van der Waals surface area contributed by atoms with E-state index in [0.29, 0.717) is 24.8 Å². The van der Waals surface area contributed by atoms with E-state index in [2.05, 4.69) is 18.7 Å². The molecule has 2 rings (SSSR count). The first-order chi connectivity index (χ1) is 12.8. The largest absolute Gasteiger partial charge is 0.469 e. The molecule has 0 aromatic heterocycles. The normalized spacial score (nSPS) is 16.2. The summed E-state index contributed by atoms with van der Waals surface area (Å²) in [7, 11) is 1.35. The van der Waals surface area contributed by atoms with Crippen molar-refractivity contribution in [3.8, 4) is 0 Å². The minimum atomic E-state index is -0.323. The first kappa shape index (κ1) is 21.2. The molecule has 0 aliphatic carbocycles. The van der Waals surface area contributed by atoms with E-state index in [-0.39, 0.29) is 35.0 Å². The van der Waals surface area contributed by atoms with Gasteiger partial charge in [-0.2, -0.15) is 0 Å². The van der Waals surface area contributed by atoms with Crippen LogP contribution in [0.15, 0.2) is 18.2 Å². The topological polar surface area (TPSA) is 81.9 Å². The SMILES string of the molecule is COC(=O)CC(C)c1ccc(N(CC(C)C)C2CCOCC2)c([N+](=O)[O-])c1. The molecule has 1 aliphatic heterocycles. The average Bonchev–Trinajstić information content (AvgIpc) is 2.66. The van der Waals surface area contributed by atoms with Crippen LogP contribution in [-0.4, -0.2) is 43.8 Å². The highest BCUT2D eigenvalue weighted by atomic mass is 16.6. The summed E-state index contributed by atoms with van der Waals surface area (Å²) in [6.07, 6.45) is 1.93. The van der Waals surface area contributed by atoms with Crippen LogP contribution in [0.4, 0.5) is 11.4 Å². The fraction of sp³-hybridized carbons (Fsp3) is 0.650. The van der Waals surface area contributed by atoms with E-state index in [0.717, 1.165) is 24.9 Å². The molecule has 0 amide bonds. The molecule has 0 radical (unpaired) electrons. The van der Waals surface area contributed by atoms with E-state index >= 15 is 0 Å². The third-order valence-electron chi connectivity index (χ3n) is 4.97. The second-order valence-corrected chi connectivity index (χ2v) is 7.58. The lowest BCUT2D eigenvalue weighted by atomic mass is 9.96.